The third-order valence-electron chi connectivity index (χ3n) is 5.76. The Hall–Kier alpha value is -2.51. The second-order valence-electron chi connectivity index (χ2n) is 7.83. The number of Topliss-reactive ketones (excluding diaryl/α,β-unsaturated/α-hetero) is 1. The van der Waals surface area contributed by atoms with Crippen molar-refractivity contribution in [2.75, 3.05) is 13.1 Å². The highest BCUT2D eigenvalue weighted by atomic mass is 32.2. The van der Waals surface area contributed by atoms with Gasteiger partial charge in [0, 0.05) is 18.7 Å². The third-order valence-corrected chi connectivity index (χ3v) is 7.67. The van der Waals surface area contributed by atoms with E-state index in [4.69, 9.17) is 4.74 Å². The van der Waals surface area contributed by atoms with Crippen molar-refractivity contribution in [3.63, 3.8) is 0 Å². The molecule has 1 aliphatic rings. The Bertz CT molecular complexity index is 1070. The molecule has 2 aromatic rings. The Kier molecular flexibility index (Phi) is 6.43. The van der Waals surface area contributed by atoms with Crippen molar-refractivity contribution < 1.29 is 22.7 Å². The van der Waals surface area contributed by atoms with E-state index in [9.17, 15) is 18.0 Å². The van der Waals surface area contributed by atoms with Gasteiger partial charge in [0.2, 0.25) is 10.0 Å². The van der Waals surface area contributed by atoms with Crippen molar-refractivity contribution >= 4 is 21.8 Å². The lowest BCUT2D eigenvalue weighted by Gasteiger charge is -2.30. The van der Waals surface area contributed by atoms with Gasteiger partial charge in [0.05, 0.1) is 10.8 Å². The summed E-state index contributed by atoms with van der Waals surface area (Å²) in [7, 11) is -3.66. The molecule has 1 fully saturated rings. The van der Waals surface area contributed by atoms with Crippen LogP contribution >= 0.6 is 0 Å². The smallest absolute Gasteiger partial charge is 0.314 e. The summed E-state index contributed by atoms with van der Waals surface area (Å²) in [5.41, 5.74) is 3.37. The minimum atomic E-state index is -3.66. The Labute approximate surface area is 177 Å². The fourth-order valence-electron chi connectivity index (χ4n) is 3.61. The standard InChI is InChI=1S/C23H27NO5S/c1-15-5-6-16(2)22(17(15)3)29-23(26)20-11-13-24(14-12-20)30(27,28)21-9-7-19(8-10-21)18(4)25/h5-10,20H,11-14H2,1-4H3. The molecule has 30 heavy (non-hydrogen) atoms. The summed E-state index contributed by atoms with van der Waals surface area (Å²) in [6, 6.07) is 9.87. The first kappa shape index (κ1) is 22.2. The predicted molar refractivity (Wildman–Crippen MR) is 114 cm³/mol. The van der Waals surface area contributed by atoms with Crippen LogP contribution in [-0.4, -0.2) is 37.6 Å². The third kappa shape index (κ3) is 4.47. The molecule has 0 saturated carbocycles. The van der Waals surface area contributed by atoms with E-state index < -0.39 is 10.0 Å². The van der Waals surface area contributed by atoms with Crippen LogP contribution < -0.4 is 4.74 Å². The highest BCUT2D eigenvalue weighted by Gasteiger charge is 2.33. The number of hydrogen-bond acceptors (Lipinski definition) is 5. The average Bonchev–Trinajstić information content (AvgIpc) is 2.74. The first-order valence-electron chi connectivity index (χ1n) is 10.0. The molecule has 3 rings (SSSR count). The van der Waals surface area contributed by atoms with Crippen molar-refractivity contribution in [2.45, 2.75) is 45.4 Å². The molecule has 7 heteroatoms. The number of aryl methyl sites for hydroxylation is 2. The Morgan fingerprint density at radius 3 is 2.07 bits per heavy atom. The van der Waals surface area contributed by atoms with Gasteiger partial charge in [-0.2, -0.15) is 4.31 Å². The van der Waals surface area contributed by atoms with E-state index in [2.05, 4.69) is 0 Å². The first-order chi connectivity index (χ1) is 14.1. The van der Waals surface area contributed by atoms with Crippen molar-refractivity contribution in [2.24, 2.45) is 5.92 Å². The van der Waals surface area contributed by atoms with E-state index in [1.807, 2.05) is 32.9 Å². The SMILES string of the molecule is CC(=O)c1ccc(S(=O)(=O)N2CCC(C(=O)Oc3c(C)ccc(C)c3C)CC2)cc1. The molecule has 6 nitrogen and oxygen atoms in total. The summed E-state index contributed by atoms with van der Waals surface area (Å²) in [5, 5.41) is 0. The average molecular weight is 430 g/mol. The van der Waals surface area contributed by atoms with Gasteiger partial charge in [0.1, 0.15) is 5.75 Å². The van der Waals surface area contributed by atoms with Gasteiger partial charge in [-0.15, -0.1) is 0 Å². The van der Waals surface area contributed by atoms with Crippen LogP contribution in [-0.2, 0) is 14.8 Å². The number of hydrogen-bond donors (Lipinski definition) is 0. The molecule has 1 aliphatic heterocycles. The summed E-state index contributed by atoms with van der Waals surface area (Å²) >= 11 is 0. The molecule has 1 saturated heterocycles. The molecule has 0 aliphatic carbocycles. The number of carbonyl (C=O) groups excluding carboxylic acids is 2. The number of carbonyl (C=O) groups is 2. The van der Waals surface area contributed by atoms with Crippen LogP contribution in [0.15, 0.2) is 41.3 Å². The molecule has 1 heterocycles. The van der Waals surface area contributed by atoms with Crippen LogP contribution in [0.5, 0.6) is 5.75 Å². The minimum Gasteiger partial charge on any atom is -0.426 e. The molecule has 0 bridgehead atoms. The Morgan fingerprint density at radius 1 is 0.933 bits per heavy atom. The minimum absolute atomic E-state index is 0.114. The largest absolute Gasteiger partial charge is 0.426 e. The van der Waals surface area contributed by atoms with E-state index in [0.717, 1.165) is 16.7 Å². The lowest BCUT2D eigenvalue weighted by atomic mass is 9.98. The van der Waals surface area contributed by atoms with Crippen LogP contribution in [0.4, 0.5) is 0 Å². The second-order valence-corrected chi connectivity index (χ2v) is 9.77. The van der Waals surface area contributed by atoms with Gasteiger partial charge in [-0.25, -0.2) is 8.42 Å². The summed E-state index contributed by atoms with van der Waals surface area (Å²) in [6.07, 6.45) is 0.820. The first-order valence-corrected chi connectivity index (χ1v) is 11.4. The summed E-state index contributed by atoms with van der Waals surface area (Å²) in [5.74, 6) is -0.163. The van der Waals surface area contributed by atoms with E-state index in [1.165, 1.54) is 35.5 Å². The van der Waals surface area contributed by atoms with Gasteiger partial charge < -0.3 is 4.74 Å². The van der Waals surface area contributed by atoms with Crippen LogP contribution in [0.25, 0.3) is 0 Å². The highest BCUT2D eigenvalue weighted by molar-refractivity contribution is 7.89. The number of benzene rings is 2. The zero-order chi connectivity index (χ0) is 22.1. The molecule has 0 radical (unpaired) electrons. The van der Waals surface area contributed by atoms with Gasteiger partial charge >= 0.3 is 5.97 Å². The normalized spacial score (nSPS) is 15.7. The van der Waals surface area contributed by atoms with Crippen LogP contribution in [0, 0.1) is 26.7 Å². The zero-order valence-corrected chi connectivity index (χ0v) is 18.6. The fourth-order valence-corrected chi connectivity index (χ4v) is 5.08. The van der Waals surface area contributed by atoms with E-state index in [-0.39, 0.29) is 35.7 Å². The zero-order valence-electron chi connectivity index (χ0n) is 17.8. The molecule has 0 spiro atoms. The van der Waals surface area contributed by atoms with Gasteiger partial charge in [-0.3, -0.25) is 9.59 Å². The Morgan fingerprint density at radius 2 is 1.50 bits per heavy atom. The fraction of sp³-hybridized carbons (Fsp3) is 0.391. The van der Waals surface area contributed by atoms with Crippen molar-refractivity contribution in [3.8, 4) is 5.75 Å². The maximum Gasteiger partial charge on any atom is 0.314 e. The molecular formula is C23H27NO5S. The van der Waals surface area contributed by atoms with Crippen molar-refractivity contribution in [1.82, 2.24) is 4.31 Å². The van der Waals surface area contributed by atoms with Crippen LogP contribution in [0.3, 0.4) is 0 Å². The van der Waals surface area contributed by atoms with Crippen molar-refractivity contribution in [3.05, 3.63) is 58.7 Å². The van der Waals surface area contributed by atoms with Gasteiger partial charge in [0.15, 0.2) is 5.78 Å². The van der Waals surface area contributed by atoms with E-state index in [1.54, 1.807) is 0 Å². The lowest BCUT2D eigenvalue weighted by Crippen LogP contribution is -2.41. The number of nitrogens with zero attached hydrogens (tertiary/aromatic N) is 1. The molecular weight excluding hydrogens is 402 g/mol. The number of esters is 1. The second kappa shape index (κ2) is 8.70. The summed E-state index contributed by atoms with van der Waals surface area (Å²) < 4.78 is 32.9. The van der Waals surface area contributed by atoms with Gasteiger partial charge in [0.25, 0.3) is 0 Å². The predicted octanol–water partition coefficient (Wildman–Crippen LogP) is 3.82. The Balaban J connectivity index is 1.66. The van der Waals surface area contributed by atoms with Crippen LogP contribution in [0.1, 0.15) is 46.8 Å². The van der Waals surface area contributed by atoms with Crippen molar-refractivity contribution in [1.29, 1.82) is 0 Å². The number of sulfonamides is 1. The topological polar surface area (TPSA) is 80.8 Å². The highest BCUT2D eigenvalue weighted by Crippen LogP contribution is 2.29. The number of piperidine rings is 1. The molecule has 0 unspecified atom stereocenters. The monoisotopic (exact) mass is 429 g/mol. The maximum absolute atomic E-state index is 12.9. The summed E-state index contributed by atoms with van der Waals surface area (Å²) in [4.78, 5) is 24.2. The van der Waals surface area contributed by atoms with E-state index in [0.29, 0.717) is 24.2 Å². The van der Waals surface area contributed by atoms with Gasteiger partial charge in [-0.1, -0.05) is 24.3 Å². The molecule has 160 valence electrons. The van der Waals surface area contributed by atoms with Gasteiger partial charge in [-0.05, 0) is 69.4 Å². The quantitative estimate of drug-likeness (QED) is 0.410. The number of ether oxygens (including phenoxy) is 1. The lowest BCUT2D eigenvalue weighted by molar-refractivity contribution is -0.140. The van der Waals surface area contributed by atoms with E-state index >= 15 is 0 Å². The number of ketones is 1. The van der Waals surface area contributed by atoms with Crippen LogP contribution in [0.2, 0.25) is 0 Å². The molecule has 0 N–H and O–H groups in total. The summed E-state index contributed by atoms with van der Waals surface area (Å²) in [6.45, 7) is 7.75. The molecule has 2 aromatic carbocycles. The molecule has 0 atom stereocenters. The number of rotatable bonds is 5. The maximum atomic E-state index is 12.9. The molecule has 0 aromatic heterocycles. The molecule has 0 amide bonds.